The number of hydrogen-bond donors (Lipinski definition) is 1. The number of benzene rings is 1. The number of nitrogens with one attached hydrogen (secondary N) is 1. The number of amides is 1. The summed E-state index contributed by atoms with van der Waals surface area (Å²) in [4.78, 5) is 39.9. The number of nitrogens with zero attached hydrogens (tertiary/aromatic N) is 5. The quantitative estimate of drug-likeness (QED) is 0.416. The van der Waals surface area contributed by atoms with Crippen LogP contribution in [0.1, 0.15) is 36.7 Å². The van der Waals surface area contributed by atoms with Gasteiger partial charge in [0.1, 0.15) is 17.4 Å². The number of fused-ring (bicyclic) bond motifs is 1. The van der Waals surface area contributed by atoms with Crippen molar-refractivity contribution in [2.24, 2.45) is 7.05 Å². The molecule has 1 atom stereocenters. The van der Waals surface area contributed by atoms with Gasteiger partial charge in [-0.3, -0.25) is 14.3 Å². The molecule has 3 aromatic heterocycles. The minimum absolute atomic E-state index is 0.127. The van der Waals surface area contributed by atoms with Crippen LogP contribution in [0.3, 0.4) is 0 Å². The number of carbonyl (C=O) groups excluding carboxylic acids is 2. The van der Waals surface area contributed by atoms with Gasteiger partial charge in [0.2, 0.25) is 0 Å². The lowest BCUT2D eigenvalue weighted by molar-refractivity contribution is -0.119. The number of aryl methyl sites for hydroxylation is 1. The Kier molecular flexibility index (Phi) is 6.31. The fraction of sp³-hybridized carbons (Fsp3) is 0.273. The molecule has 0 aliphatic heterocycles. The summed E-state index contributed by atoms with van der Waals surface area (Å²) in [7, 11) is 1.59. The van der Waals surface area contributed by atoms with Crippen LogP contribution >= 0.6 is 11.3 Å². The smallest absolute Gasteiger partial charge is 0.343 e. The average molecular weight is 467 g/mol. The Balaban J connectivity index is 1.67. The van der Waals surface area contributed by atoms with Crippen molar-refractivity contribution in [3.05, 3.63) is 58.5 Å². The van der Waals surface area contributed by atoms with Gasteiger partial charge in [-0.15, -0.1) is 16.4 Å². The van der Waals surface area contributed by atoms with Gasteiger partial charge in [0, 0.05) is 11.9 Å². The normalized spacial score (nSPS) is 12.0. The Morgan fingerprint density at radius 1 is 1.21 bits per heavy atom. The van der Waals surface area contributed by atoms with E-state index in [9.17, 15) is 14.4 Å². The van der Waals surface area contributed by atoms with E-state index in [0.29, 0.717) is 10.2 Å². The summed E-state index contributed by atoms with van der Waals surface area (Å²) in [6.45, 7) is 3.64. The molecule has 0 spiro atoms. The third-order valence-corrected chi connectivity index (χ3v) is 6.17. The molecule has 0 aliphatic carbocycles. The summed E-state index contributed by atoms with van der Waals surface area (Å²) in [6.07, 6.45) is 1.61. The molecule has 1 N–H and O–H groups in total. The lowest BCUT2D eigenvalue weighted by Gasteiger charge is -2.16. The molecule has 1 amide bonds. The first kappa shape index (κ1) is 22.3. The van der Waals surface area contributed by atoms with Gasteiger partial charge < -0.3 is 10.1 Å². The Hall–Kier alpha value is -3.86. The minimum atomic E-state index is -0.931. The highest BCUT2D eigenvalue weighted by molar-refractivity contribution is 7.21. The van der Waals surface area contributed by atoms with E-state index < -0.39 is 23.5 Å². The Morgan fingerprint density at radius 3 is 2.67 bits per heavy atom. The molecule has 4 aromatic rings. The summed E-state index contributed by atoms with van der Waals surface area (Å²) < 4.78 is 7.46. The van der Waals surface area contributed by atoms with Crippen LogP contribution in [0, 0.1) is 0 Å². The van der Waals surface area contributed by atoms with Crippen LogP contribution in [0.25, 0.3) is 20.7 Å². The third-order valence-electron chi connectivity index (χ3n) is 5.10. The average Bonchev–Trinajstić information content (AvgIpc) is 3.41. The Morgan fingerprint density at radius 2 is 1.97 bits per heavy atom. The van der Waals surface area contributed by atoms with Gasteiger partial charge in [-0.25, -0.2) is 4.79 Å². The molecule has 0 aliphatic rings. The maximum Gasteiger partial charge on any atom is 0.343 e. The number of esters is 1. The molecule has 170 valence electrons. The summed E-state index contributed by atoms with van der Waals surface area (Å²) in [5.74, 6) is -0.930. The van der Waals surface area contributed by atoms with E-state index in [-0.39, 0.29) is 24.4 Å². The predicted octanol–water partition coefficient (Wildman–Crippen LogP) is 3.02. The van der Waals surface area contributed by atoms with Crippen LogP contribution in [0.15, 0.2) is 47.4 Å². The number of aromatic nitrogens is 5. The van der Waals surface area contributed by atoms with E-state index in [0.717, 1.165) is 15.1 Å². The lowest BCUT2D eigenvalue weighted by Crippen LogP contribution is -2.35. The van der Waals surface area contributed by atoms with Crippen molar-refractivity contribution in [3.8, 4) is 10.4 Å². The van der Waals surface area contributed by atoms with Gasteiger partial charge in [0.15, 0.2) is 4.83 Å². The largest absolute Gasteiger partial charge is 0.462 e. The van der Waals surface area contributed by atoms with Crippen molar-refractivity contribution in [1.82, 2.24) is 24.8 Å². The van der Waals surface area contributed by atoms with Crippen molar-refractivity contribution in [2.75, 3.05) is 11.9 Å². The Bertz CT molecular complexity index is 1370. The van der Waals surface area contributed by atoms with Crippen molar-refractivity contribution < 1.29 is 14.3 Å². The van der Waals surface area contributed by atoms with Gasteiger partial charge in [-0.05, 0) is 25.0 Å². The molecule has 0 saturated heterocycles. The Labute approximate surface area is 192 Å². The molecule has 0 bridgehead atoms. The van der Waals surface area contributed by atoms with Gasteiger partial charge in [0.25, 0.3) is 11.5 Å². The van der Waals surface area contributed by atoms with E-state index in [1.165, 1.54) is 22.2 Å². The summed E-state index contributed by atoms with van der Waals surface area (Å²) in [5, 5.41) is 15.3. The maximum atomic E-state index is 13.2. The number of hydrogen-bond acceptors (Lipinski definition) is 8. The minimum Gasteiger partial charge on any atom is -0.462 e. The van der Waals surface area contributed by atoms with E-state index in [2.05, 4.69) is 20.7 Å². The van der Waals surface area contributed by atoms with Crippen LogP contribution < -0.4 is 10.9 Å². The molecule has 0 radical (unpaired) electrons. The van der Waals surface area contributed by atoms with Crippen LogP contribution in [0.4, 0.5) is 5.82 Å². The highest BCUT2D eigenvalue weighted by Gasteiger charge is 2.26. The fourth-order valence-corrected chi connectivity index (χ4v) is 4.40. The molecule has 4 rings (SSSR count). The SMILES string of the molecule is CCOC(=O)c1cnn(C)c1NC(=O)C(CC)n1nnc2sc(-c3ccccc3)cc2c1=O. The molecular formula is C22H22N6O4S. The standard InChI is InChI=1S/C22H22N6O4S/c1-4-16(19(29)24-18-15(12-23-27(18)3)22(31)32-5-2)28-21(30)14-11-17(33-20(14)25-26-28)13-9-7-6-8-10-13/h6-12,16H,4-5H2,1-3H3,(H,24,29). The first-order valence-corrected chi connectivity index (χ1v) is 11.2. The zero-order chi connectivity index (χ0) is 23.5. The summed E-state index contributed by atoms with van der Waals surface area (Å²) in [5.41, 5.74) is 0.691. The number of ether oxygens (including phenoxy) is 1. The molecule has 11 heteroatoms. The van der Waals surface area contributed by atoms with Gasteiger partial charge in [-0.2, -0.15) is 9.78 Å². The second kappa shape index (κ2) is 9.33. The zero-order valence-corrected chi connectivity index (χ0v) is 19.1. The third kappa shape index (κ3) is 4.27. The van der Waals surface area contributed by atoms with Crippen molar-refractivity contribution in [1.29, 1.82) is 0 Å². The molecule has 0 saturated carbocycles. The summed E-state index contributed by atoms with van der Waals surface area (Å²) in [6, 6.07) is 10.5. The van der Waals surface area contributed by atoms with Crippen molar-refractivity contribution in [3.63, 3.8) is 0 Å². The lowest BCUT2D eigenvalue weighted by atomic mass is 10.2. The molecule has 1 aromatic carbocycles. The van der Waals surface area contributed by atoms with E-state index >= 15 is 0 Å². The van der Waals surface area contributed by atoms with Crippen molar-refractivity contribution >= 4 is 39.2 Å². The summed E-state index contributed by atoms with van der Waals surface area (Å²) >= 11 is 1.37. The number of carbonyl (C=O) groups is 2. The van der Waals surface area contributed by atoms with Gasteiger partial charge >= 0.3 is 5.97 Å². The van der Waals surface area contributed by atoms with E-state index in [1.807, 2.05) is 30.3 Å². The monoisotopic (exact) mass is 466 g/mol. The number of rotatable bonds is 7. The second-order valence-electron chi connectivity index (χ2n) is 7.20. The van der Waals surface area contributed by atoms with Gasteiger partial charge in [-0.1, -0.05) is 42.5 Å². The van der Waals surface area contributed by atoms with Crippen molar-refractivity contribution in [2.45, 2.75) is 26.3 Å². The fourth-order valence-electron chi connectivity index (χ4n) is 3.42. The molecule has 0 fully saturated rings. The first-order chi connectivity index (χ1) is 15.9. The van der Waals surface area contributed by atoms with Crippen LogP contribution in [0.2, 0.25) is 0 Å². The van der Waals surface area contributed by atoms with Crippen LogP contribution in [-0.4, -0.2) is 43.3 Å². The topological polar surface area (TPSA) is 121 Å². The molecule has 33 heavy (non-hydrogen) atoms. The highest BCUT2D eigenvalue weighted by atomic mass is 32.1. The highest BCUT2D eigenvalue weighted by Crippen LogP contribution is 2.30. The molecular weight excluding hydrogens is 444 g/mol. The number of thiophene rings is 1. The van der Waals surface area contributed by atoms with E-state index in [4.69, 9.17) is 4.74 Å². The zero-order valence-electron chi connectivity index (χ0n) is 18.3. The molecule has 1 unspecified atom stereocenters. The van der Waals surface area contributed by atoms with E-state index in [1.54, 1.807) is 27.0 Å². The molecule has 3 heterocycles. The second-order valence-corrected chi connectivity index (χ2v) is 8.23. The first-order valence-electron chi connectivity index (χ1n) is 10.4. The predicted molar refractivity (Wildman–Crippen MR) is 124 cm³/mol. The van der Waals surface area contributed by atoms with Crippen LogP contribution in [-0.2, 0) is 16.6 Å². The molecule has 10 nitrogen and oxygen atoms in total. The number of anilines is 1. The van der Waals surface area contributed by atoms with Gasteiger partial charge in [0.05, 0.1) is 18.2 Å². The maximum absolute atomic E-state index is 13.2. The van der Waals surface area contributed by atoms with Crippen LogP contribution in [0.5, 0.6) is 0 Å².